The third kappa shape index (κ3) is 2.21. The van der Waals surface area contributed by atoms with Crippen molar-refractivity contribution in [1.82, 2.24) is 15.0 Å². The van der Waals surface area contributed by atoms with Gasteiger partial charge in [0, 0.05) is 24.4 Å². The van der Waals surface area contributed by atoms with E-state index in [4.69, 9.17) is 8.94 Å². The van der Waals surface area contributed by atoms with Crippen LogP contribution in [0.4, 0.5) is 0 Å². The van der Waals surface area contributed by atoms with E-state index in [2.05, 4.69) is 30.9 Å². The van der Waals surface area contributed by atoms with Crippen LogP contribution in [-0.2, 0) is 18.4 Å². The van der Waals surface area contributed by atoms with E-state index in [1.54, 1.807) is 11.0 Å². The first-order valence-electron chi connectivity index (χ1n) is 6.64. The molecule has 6 nitrogen and oxygen atoms in total. The quantitative estimate of drug-likeness (QED) is 0.797. The Morgan fingerprint density at radius 3 is 2.85 bits per heavy atom. The van der Waals surface area contributed by atoms with E-state index in [1.807, 2.05) is 0 Å². The fraction of sp³-hybridized carbons (Fsp3) is 0.500. The SMILES string of the molecule is CC(C)(C)c1nc2c(o1)CCN(C(=O)c1ccno1)C2. The van der Waals surface area contributed by atoms with E-state index in [9.17, 15) is 4.79 Å². The Balaban J connectivity index is 1.82. The maximum Gasteiger partial charge on any atom is 0.292 e. The minimum absolute atomic E-state index is 0.128. The summed E-state index contributed by atoms with van der Waals surface area (Å²) in [5.74, 6) is 1.70. The second-order valence-electron chi connectivity index (χ2n) is 5.99. The Morgan fingerprint density at radius 1 is 1.40 bits per heavy atom. The summed E-state index contributed by atoms with van der Waals surface area (Å²) >= 11 is 0. The van der Waals surface area contributed by atoms with E-state index in [-0.39, 0.29) is 17.1 Å². The summed E-state index contributed by atoms with van der Waals surface area (Å²) in [5, 5.41) is 3.56. The van der Waals surface area contributed by atoms with Crippen LogP contribution in [-0.4, -0.2) is 27.5 Å². The zero-order valence-electron chi connectivity index (χ0n) is 11.8. The summed E-state index contributed by atoms with van der Waals surface area (Å²) in [6, 6.07) is 1.57. The molecule has 0 atom stereocenters. The maximum absolute atomic E-state index is 12.2. The van der Waals surface area contributed by atoms with E-state index < -0.39 is 0 Å². The van der Waals surface area contributed by atoms with E-state index in [0.29, 0.717) is 19.5 Å². The standard InChI is InChI=1S/C14H17N3O3/c1-14(2,3)13-16-9-8-17(7-5-10(9)19-13)12(18)11-4-6-15-20-11/h4,6H,5,7-8H2,1-3H3. The van der Waals surface area contributed by atoms with Gasteiger partial charge in [-0.3, -0.25) is 4.79 Å². The van der Waals surface area contributed by atoms with Gasteiger partial charge in [-0.05, 0) is 0 Å². The predicted molar refractivity (Wildman–Crippen MR) is 70.2 cm³/mol. The van der Waals surface area contributed by atoms with Gasteiger partial charge in [-0.25, -0.2) is 4.98 Å². The van der Waals surface area contributed by atoms with Crippen LogP contribution in [0.1, 0.15) is 48.7 Å². The highest BCUT2D eigenvalue weighted by Gasteiger charge is 2.30. The predicted octanol–water partition coefficient (Wildman–Crippen LogP) is 2.16. The average molecular weight is 275 g/mol. The Morgan fingerprint density at radius 2 is 2.20 bits per heavy atom. The molecule has 0 N–H and O–H groups in total. The zero-order valence-corrected chi connectivity index (χ0v) is 11.8. The van der Waals surface area contributed by atoms with Gasteiger partial charge in [0.1, 0.15) is 11.5 Å². The molecule has 0 saturated heterocycles. The summed E-state index contributed by atoms with van der Waals surface area (Å²) in [4.78, 5) is 18.4. The molecule has 3 heterocycles. The molecule has 1 aliphatic rings. The van der Waals surface area contributed by atoms with Gasteiger partial charge in [0.15, 0.2) is 5.89 Å². The van der Waals surface area contributed by atoms with Gasteiger partial charge in [-0.15, -0.1) is 0 Å². The molecule has 0 unspecified atom stereocenters. The fourth-order valence-electron chi connectivity index (χ4n) is 2.17. The van der Waals surface area contributed by atoms with Gasteiger partial charge in [0.05, 0.1) is 12.7 Å². The van der Waals surface area contributed by atoms with Crippen LogP contribution in [0.25, 0.3) is 0 Å². The third-order valence-corrected chi connectivity index (χ3v) is 3.31. The van der Waals surface area contributed by atoms with Crippen molar-refractivity contribution in [3.63, 3.8) is 0 Å². The molecule has 0 fully saturated rings. The molecule has 3 rings (SSSR count). The number of fused-ring (bicyclic) bond motifs is 1. The maximum atomic E-state index is 12.2. The van der Waals surface area contributed by atoms with Crippen LogP contribution in [0.15, 0.2) is 21.2 Å². The fourth-order valence-corrected chi connectivity index (χ4v) is 2.17. The van der Waals surface area contributed by atoms with Crippen molar-refractivity contribution in [2.45, 2.75) is 39.2 Å². The van der Waals surface area contributed by atoms with E-state index in [0.717, 1.165) is 17.3 Å². The molecule has 2 aromatic rings. The van der Waals surface area contributed by atoms with Crippen molar-refractivity contribution < 1.29 is 13.7 Å². The van der Waals surface area contributed by atoms with Gasteiger partial charge < -0.3 is 13.8 Å². The molecule has 0 aromatic carbocycles. The van der Waals surface area contributed by atoms with Gasteiger partial charge in [0.25, 0.3) is 5.91 Å². The Hall–Kier alpha value is -2.11. The number of amides is 1. The highest BCUT2D eigenvalue weighted by molar-refractivity contribution is 5.91. The topological polar surface area (TPSA) is 72.4 Å². The van der Waals surface area contributed by atoms with Crippen molar-refractivity contribution in [3.8, 4) is 0 Å². The van der Waals surface area contributed by atoms with Crippen molar-refractivity contribution >= 4 is 5.91 Å². The highest BCUT2D eigenvalue weighted by atomic mass is 16.5. The molecular formula is C14H17N3O3. The lowest BCUT2D eigenvalue weighted by molar-refractivity contribution is 0.0685. The molecule has 1 amide bonds. The van der Waals surface area contributed by atoms with Crippen molar-refractivity contribution in [1.29, 1.82) is 0 Å². The zero-order chi connectivity index (χ0) is 14.3. The molecule has 0 radical (unpaired) electrons. The molecule has 1 aliphatic heterocycles. The Labute approximate surface area is 116 Å². The van der Waals surface area contributed by atoms with E-state index >= 15 is 0 Å². The third-order valence-electron chi connectivity index (χ3n) is 3.31. The number of hydrogen-bond donors (Lipinski definition) is 0. The lowest BCUT2D eigenvalue weighted by atomic mass is 9.97. The lowest BCUT2D eigenvalue weighted by Gasteiger charge is -2.23. The van der Waals surface area contributed by atoms with Crippen LogP contribution in [0, 0.1) is 0 Å². The number of carbonyl (C=O) groups excluding carboxylic acids is 1. The normalized spacial score (nSPS) is 15.2. The summed E-state index contributed by atoms with van der Waals surface area (Å²) in [6.07, 6.45) is 2.15. The Kier molecular flexibility index (Phi) is 2.88. The van der Waals surface area contributed by atoms with Crippen LogP contribution in [0.5, 0.6) is 0 Å². The first-order chi connectivity index (χ1) is 9.45. The lowest BCUT2D eigenvalue weighted by Crippen LogP contribution is -2.35. The molecule has 0 aliphatic carbocycles. The number of hydrogen-bond acceptors (Lipinski definition) is 5. The highest BCUT2D eigenvalue weighted by Crippen LogP contribution is 2.27. The molecule has 106 valence electrons. The molecular weight excluding hydrogens is 258 g/mol. The van der Waals surface area contributed by atoms with Crippen LogP contribution < -0.4 is 0 Å². The average Bonchev–Trinajstić information content (AvgIpc) is 3.05. The minimum atomic E-state index is -0.159. The van der Waals surface area contributed by atoms with Crippen molar-refractivity contribution in [3.05, 3.63) is 35.4 Å². The molecule has 0 spiro atoms. The van der Waals surface area contributed by atoms with Crippen LogP contribution in [0.3, 0.4) is 0 Å². The van der Waals surface area contributed by atoms with Gasteiger partial charge in [-0.1, -0.05) is 25.9 Å². The number of aromatic nitrogens is 2. The molecule has 20 heavy (non-hydrogen) atoms. The smallest absolute Gasteiger partial charge is 0.292 e. The van der Waals surface area contributed by atoms with Gasteiger partial charge in [0.2, 0.25) is 5.76 Å². The molecule has 2 aromatic heterocycles. The second kappa shape index (κ2) is 4.47. The largest absolute Gasteiger partial charge is 0.445 e. The van der Waals surface area contributed by atoms with E-state index in [1.165, 1.54) is 6.20 Å². The summed E-state index contributed by atoms with van der Waals surface area (Å²) < 4.78 is 10.7. The van der Waals surface area contributed by atoms with Gasteiger partial charge in [-0.2, -0.15) is 0 Å². The van der Waals surface area contributed by atoms with Crippen LogP contribution >= 0.6 is 0 Å². The van der Waals surface area contributed by atoms with Crippen molar-refractivity contribution in [2.24, 2.45) is 0 Å². The number of oxazole rings is 1. The molecule has 0 saturated carbocycles. The first kappa shape index (κ1) is 12.9. The summed E-state index contributed by atoms with van der Waals surface area (Å²) in [6.45, 7) is 7.23. The number of carbonyl (C=O) groups is 1. The molecule has 0 bridgehead atoms. The number of nitrogens with zero attached hydrogens (tertiary/aromatic N) is 3. The minimum Gasteiger partial charge on any atom is -0.445 e. The van der Waals surface area contributed by atoms with Crippen molar-refractivity contribution in [2.75, 3.05) is 6.54 Å². The monoisotopic (exact) mass is 275 g/mol. The second-order valence-corrected chi connectivity index (χ2v) is 5.99. The first-order valence-corrected chi connectivity index (χ1v) is 6.64. The molecule has 6 heteroatoms. The summed E-state index contributed by atoms with van der Waals surface area (Å²) in [5.41, 5.74) is 0.714. The van der Waals surface area contributed by atoms with Crippen LogP contribution in [0.2, 0.25) is 0 Å². The van der Waals surface area contributed by atoms with Gasteiger partial charge >= 0.3 is 0 Å². The summed E-state index contributed by atoms with van der Waals surface area (Å²) in [7, 11) is 0. The Bertz CT molecular complexity index is 623. The number of rotatable bonds is 1.